The van der Waals surface area contributed by atoms with Crippen LogP contribution in [0.5, 0.6) is 0 Å². The van der Waals surface area contributed by atoms with Crippen molar-refractivity contribution in [3.63, 3.8) is 0 Å². The molecular formula is C10H20N2O4. The average molecular weight is 232 g/mol. The number of hydrogen-bond donors (Lipinski definition) is 3. The maximum absolute atomic E-state index is 11.2. The van der Waals surface area contributed by atoms with E-state index in [0.29, 0.717) is 6.42 Å². The Morgan fingerprint density at radius 2 is 1.94 bits per heavy atom. The van der Waals surface area contributed by atoms with Crippen LogP contribution in [0.3, 0.4) is 0 Å². The first kappa shape index (κ1) is 14.7. The summed E-state index contributed by atoms with van der Waals surface area (Å²) in [6.45, 7) is 5.55. The van der Waals surface area contributed by atoms with Crippen LogP contribution in [0.15, 0.2) is 0 Å². The van der Waals surface area contributed by atoms with Crippen molar-refractivity contribution in [1.29, 1.82) is 0 Å². The van der Waals surface area contributed by atoms with Gasteiger partial charge in [0.25, 0.3) is 0 Å². The van der Waals surface area contributed by atoms with E-state index in [0.717, 1.165) is 0 Å². The number of rotatable bonds is 5. The molecule has 94 valence electrons. The highest BCUT2D eigenvalue weighted by molar-refractivity contribution is 5.73. The molecule has 1 unspecified atom stereocenters. The van der Waals surface area contributed by atoms with Crippen molar-refractivity contribution in [3.8, 4) is 0 Å². The molecule has 0 aliphatic heterocycles. The fourth-order valence-corrected chi connectivity index (χ4v) is 1.02. The van der Waals surface area contributed by atoms with Gasteiger partial charge in [0.15, 0.2) is 0 Å². The zero-order valence-corrected chi connectivity index (χ0v) is 10.2. The summed E-state index contributed by atoms with van der Waals surface area (Å²) in [4.78, 5) is 21.8. The quantitative estimate of drug-likeness (QED) is 0.645. The number of nitrogens with one attached hydrogen (secondary N) is 2. The maximum Gasteiger partial charge on any atom is 0.407 e. The molecule has 0 bridgehead atoms. The number of amides is 1. The Bertz CT molecular complexity index is 248. The first-order valence-corrected chi connectivity index (χ1v) is 5.13. The minimum Gasteiger partial charge on any atom is -0.480 e. The van der Waals surface area contributed by atoms with Gasteiger partial charge in [-0.15, -0.1) is 0 Å². The normalized spacial score (nSPS) is 13.0. The number of carboxylic acid groups (broad SMARTS) is 1. The summed E-state index contributed by atoms with van der Waals surface area (Å²) >= 11 is 0. The molecule has 3 N–H and O–H groups in total. The van der Waals surface area contributed by atoms with Gasteiger partial charge < -0.3 is 20.5 Å². The molecule has 0 aromatic carbocycles. The molecule has 0 saturated carbocycles. The molecular weight excluding hydrogens is 212 g/mol. The lowest BCUT2D eigenvalue weighted by atomic mass is 10.2. The molecule has 0 saturated heterocycles. The second-order valence-electron chi connectivity index (χ2n) is 4.40. The lowest BCUT2D eigenvalue weighted by molar-refractivity contribution is -0.139. The van der Waals surface area contributed by atoms with Crippen LogP contribution >= 0.6 is 0 Å². The molecule has 0 rings (SSSR count). The zero-order valence-electron chi connectivity index (χ0n) is 10.2. The Labute approximate surface area is 95.4 Å². The van der Waals surface area contributed by atoms with E-state index in [1.807, 2.05) is 0 Å². The predicted octanol–water partition coefficient (Wildman–Crippen LogP) is 0.574. The van der Waals surface area contributed by atoms with Gasteiger partial charge in [-0.05, 0) is 34.2 Å². The van der Waals surface area contributed by atoms with E-state index in [4.69, 9.17) is 9.84 Å². The van der Waals surface area contributed by atoms with Crippen LogP contribution in [-0.4, -0.2) is 42.4 Å². The molecule has 1 amide bonds. The molecule has 6 nitrogen and oxygen atoms in total. The minimum absolute atomic E-state index is 0.257. The van der Waals surface area contributed by atoms with Gasteiger partial charge in [-0.1, -0.05) is 0 Å². The molecule has 0 aliphatic rings. The van der Waals surface area contributed by atoms with Crippen molar-refractivity contribution >= 4 is 12.1 Å². The van der Waals surface area contributed by atoms with Crippen LogP contribution < -0.4 is 10.6 Å². The minimum atomic E-state index is -0.937. The van der Waals surface area contributed by atoms with Crippen molar-refractivity contribution in [3.05, 3.63) is 0 Å². The number of alkyl carbamates (subject to hydrolysis) is 1. The van der Waals surface area contributed by atoms with Crippen LogP contribution in [0.4, 0.5) is 4.79 Å². The number of carbonyl (C=O) groups excluding carboxylic acids is 1. The van der Waals surface area contributed by atoms with Crippen LogP contribution in [-0.2, 0) is 9.53 Å². The Hall–Kier alpha value is -1.30. The first-order valence-electron chi connectivity index (χ1n) is 5.13. The highest BCUT2D eigenvalue weighted by Gasteiger charge is 2.17. The molecule has 0 radical (unpaired) electrons. The molecule has 0 aliphatic carbocycles. The average Bonchev–Trinajstić information content (AvgIpc) is 2.08. The van der Waals surface area contributed by atoms with Crippen LogP contribution in [0.2, 0.25) is 0 Å². The van der Waals surface area contributed by atoms with Gasteiger partial charge in [0.1, 0.15) is 11.6 Å². The molecule has 0 heterocycles. The van der Waals surface area contributed by atoms with E-state index in [1.165, 1.54) is 0 Å². The molecule has 0 aromatic rings. The number of likely N-dealkylation sites (N-methyl/N-ethyl adjacent to an activating group) is 1. The van der Waals surface area contributed by atoms with E-state index < -0.39 is 23.7 Å². The Morgan fingerprint density at radius 1 is 1.38 bits per heavy atom. The lowest BCUT2D eigenvalue weighted by Gasteiger charge is -2.20. The first-order chi connectivity index (χ1) is 7.26. The van der Waals surface area contributed by atoms with Crippen molar-refractivity contribution < 1.29 is 19.4 Å². The van der Waals surface area contributed by atoms with Gasteiger partial charge in [0.2, 0.25) is 0 Å². The van der Waals surface area contributed by atoms with Gasteiger partial charge in [-0.3, -0.25) is 4.79 Å². The molecule has 0 spiro atoms. The van der Waals surface area contributed by atoms with Gasteiger partial charge in [-0.2, -0.15) is 0 Å². The second-order valence-corrected chi connectivity index (χ2v) is 4.40. The summed E-state index contributed by atoms with van der Waals surface area (Å²) in [5, 5.41) is 13.8. The van der Waals surface area contributed by atoms with Gasteiger partial charge >= 0.3 is 12.1 Å². The lowest BCUT2D eigenvalue weighted by Crippen LogP contribution is -2.39. The molecule has 1 atom stereocenters. The van der Waals surface area contributed by atoms with Crippen molar-refractivity contribution in [1.82, 2.24) is 10.6 Å². The Morgan fingerprint density at radius 3 is 2.31 bits per heavy atom. The number of carboxylic acids is 1. The van der Waals surface area contributed by atoms with Gasteiger partial charge in [-0.25, -0.2) is 4.79 Å². The summed E-state index contributed by atoms with van der Waals surface area (Å²) in [6, 6.07) is -0.657. The molecule has 6 heteroatoms. The van der Waals surface area contributed by atoms with Crippen LogP contribution in [0, 0.1) is 0 Å². The topological polar surface area (TPSA) is 87.7 Å². The fraction of sp³-hybridized carbons (Fsp3) is 0.800. The van der Waals surface area contributed by atoms with E-state index in [-0.39, 0.29) is 6.54 Å². The third-order valence-electron chi connectivity index (χ3n) is 1.75. The largest absolute Gasteiger partial charge is 0.480 e. The third-order valence-corrected chi connectivity index (χ3v) is 1.75. The van der Waals surface area contributed by atoms with Crippen molar-refractivity contribution in [2.75, 3.05) is 13.6 Å². The fourth-order valence-electron chi connectivity index (χ4n) is 1.02. The number of carbonyl (C=O) groups is 2. The van der Waals surface area contributed by atoms with Crippen LogP contribution in [0.1, 0.15) is 27.2 Å². The summed E-state index contributed by atoms with van der Waals surface area (Å²) in [5.74, 6) is -0.937. The standard InChI is InChI=1S/C10H20N2O4/c1-10(2,3)16-9(15)12-6-5-7(11-4)8(13)14/h7,11H,5-6H2,1-4H3,(H,12,15)(H,13,14). The predicted molar refractivity (Wildman–Crippen MR) is 59.3 cm³/mol. The van der Waals surface area contributed by atoms with Crippen LogP contribution in [0.25, 0.3) is 0 Å². The number of aliphatic carboxylic acids is 1. The summed E-state index contributed by atoms with van der Waals surface area (Å²) in [6.07, 6.45) is -0.224. The summed E-state index contributed by atoms with van der Waals surface area (Å²) in [7, 11) is 1.56. The van der Waals surface area contributed by atoms with E-state index in [9.17, 15) is 9.59 Å². The second kappa shape index (κ2) is 6.32. The monoisotopic (exact) mass is 232 g/mol. The van der Waals surface area contributed by atoms with E-state index >= 15 is 0 Å². The van der Waals surface area contributed by atoms with E-state index in [1.54, 1.807) is 27.8 Å². The van der Waals surface area contributed by atoms with E-state index in [2.05, 4.69) is 10.6 Å². The molecule has 0 fully saturated rings. The molecule has 0 aromatic heterocycles. The highest BCUT2D eigenvalue weighted by atomic mass is 16.6. The summed E-state index contributed by atoms with van der Waals surface area (Å²) in [5.41, 5.74) is -0.542. The highest BCUT2D eigenvalue weighted by Crippen LogP contribution is 2.06. The van der Waals surface area contributed by atoms with Gasteiger partial charge in [0.05, 0.1) is 0 Å². The van der Waals surface area contributed by atoms with Crippen molar-refractivity contribution in [2.45, 2.75) is 38.8 Å². The number of ether oxygens (including phenoxy) is 1. The SMILES string of the molecule is CNC(CCNC(=O)OC(C)(C)C)C(=O)O. The summed E-state index contributed by atoms with van der Waals surface area (Å²) < 4.78 is 5.00. The Balaban J connectivity index is 3.81. The Kier molecular flexibility index (Phi) is 5.81. The smallest absolute Gasteiger partial charge is 0.407 e. The third kappa shape index (κ3) is 7.05. The molecule has 16 heavy (non-hydrogen) atoms. The zero-order chi connectivity index (χ0) is 12.8. The maximum atomic E-state index is 11.2. The van der Waals surface area contributed by atoms with Crippen molar-refractivity contribution in [2.24, 2.45) is 0 Å². The number of hydrogen-bond acceptors (Lipinski definition) is 4. The van der Waals surface area contributed by atoms with Gasteiger partial charge in [0, 0.05) is 6.54 Å².